The molecule has 1 aliphatic heterocycles. The highest BCUT2D eigenvalue weighted by atomic mass is 79.9. The van der Waals surface area contributed by atoms with Crippen molar-refractivity contribution < 1.29 is 14.7 Å². The van der Waals surface area contributed by atoms with Crippen LogP contribution in [0.25, 0.3) is 0 Å². The summed E-state index contributed by atoms with van der Waals surface area (Å²) in [7, 11) is 0. The molecule has 1 rings (SSSR count). The van der Waals surface area contributed by atoms with Crippen LogP contribution in [0.5, 0.6) is 0 Å². The predicted octanol–water partition coefficient (Wildman–Crippen LogP) is 1.45. The lowest BCUT2D eigenvalue weighted by Gasteiger charge is -2.25. The summed E-state index contributed by atoms with van der Waals surface area (Å²) in [6.07, 6.45) is 0. The number of hydrogen-bond acceptors (Lipinski definition) is 3. The first-order valence-electron chi connectivity index (χ1n) is 4.67. The van der Waals surface area contributed by atoms with Gasteiger partial charge in [0.1, 0.15) is 6.04 Å². The van der Waals surface area contributed by atoms with Crippen LogP contribution in [0.3, 0.4) is 0 Å². The van der Waals surface area contributed by atoms with Crippen molar-refractivity contribution in [3.05, 3.63) is 11.1 Å². The van der Waals surface area contributed by atoms with Crippen LogP contribution in [-0.4, -0.2) is 45.7 Å². The maximum absolute atomic E-state index is 11.8. The lowest BCUT2D eigenvalue weighted by atomic mass is 10.3. The van der Waals surface area contributed by atoms with E-state index in [9.17, 15) is 9.59 Å². The van der Waals surface area contributed by atoms with Crippen molar-refractivity contribution in [2.75, 3.05) is 12.3 Å². The molecule has 16 heavy (non-hydrogen) atoms. The van der Waals surface area contributed by atoms with Gasteiger partial charge in [-0.3, -0.25) is 4.90 Å². The van der Waals surface area contributed by atoms with E-state index in [2.05, 4.69) is 27.8 Å². The van der Waals surface area contributed by atoms with Gasteiger partial charge < -0.3 is 10.4 Å². The van der Waals surface area contributed by atoms with Gasteiger partial charge in [0.25, 0.3) is 0 Å². The van der Waals surface area contributed by atoms with E-state index in [1.165, 1.54) is 16.7 Å². The summed E-state index contributed by atoms with van der Waals surface area (Å²) in [5.41, 5.74) is 0. The molecule has 1 saturated heterocycles. The summed E-state index contributed by atoms with van der Waals surface area (Å²) in [4.78, 5) is 24.0. The Balaban J connectivity index is 2.64. The average Bonchev–Trinajstić information content (AvgIpc) is 2.56. The number of carboxylic acids is 1. The zero-order valence-electron chi connectivity index (χ0n) is 8.77. The second-order valence-electron chi connectivity index (χ2n) is 3.37. The largest absolute Gasteiger partial charge is 0.480 e. The molecule has 2 amide bonds. The second-order valence-corrected chi connectivity index (χ2v) is 5.84. The van der Waals surface area contributed by atoms with Crippen molar-refractivity contribution in [1.29, 1.82) is 0 Å². The first kappa shape index (κ1) is 13.4. The van der Waals surface area contributed by atoms with Gasteiger partial charge in [-0.15, -0.1) is 11.8 Å². The number of carboxylic acid groups (broad SMARTS) is 1. The van der Waals surface area contributed by atoms with Crippen molar-refractivity contribution in [1.82, 2.24) is 10.2 Å². The van der Waals surface area contributed by atoms with Crippen molar-refractivity contribution >= 4 is 39.7 Å². The summed E-state index contributed by atoms with van der Waals surface area (Å²) in [6.45, 7) is 5.70. The zero-order valence-corrected chi connectivity index (χ0v) is 11.2. The molecule has 0 aliphatic carbocycles. The van der Waals surface area contributed by atoms with E-state index in [1.807, 2.05) is 6.92 Å². The number of hydrogen-bond donors (Lipinski definition) is 2. The van der Waals surface area contributed by atoms with Gasteiger partial charge in [-0.05, 0) is 6.92 Å². The van der Waals surface area contributed by atoms with Crippen molar-refractivity contribution in [3.63, 3.8) is 0 Å². The molecule has 0 bridgehead atoms. The number of carbonyl (C=O) groups is 2. The fourth-order valence-electron chi connectivity index (χ4n) is 1.40. The molecular formula is C9H13BrN2O3S. The van der Waals surface area contributed by atoms with Crippen LogP contribution in [0.15, 0.2) is 11.1 Å². The third kappa shape index (κ3) is 3.15. The highest BCUT2D eigenvalue weighted by molar-refractivity contribution is 9.11. The van der Waals surface area contributed by atoms with Crippen molar-refractivity contribution in [2.45, 2.75) is 18.3 Å². The molecule has 0 spiro atoms. The number of urea groups is 1. The van der Waals surface area contributed by atoms with Crippen LogP contribution < -0.4 is 5.32 Å². The van der Waals surface area contributed by atoms with Crippen LogP contribution >= 0.6 is 27.7 Å². The quantitative estimate of drug-likeness (QED) is 0.828. The Bertz CT molecular complexity index is 324. The van der Waals surface area contributed by atoms with Gasteiger partial charge in [0.15, 0.2) is 0 Å². The lowest BCUT2D eigenvalue weighted by Crippen LogP contribution is -2.49. The Morgan fingerprint density at radius 2 is 2.31 bits per heavy atom. The molecule has 0 radical (unpaired) electrons. The number of thioether (sulfide) groups is 1. The first-order valence-corrected chi connectivity index (χ1v) is 6.51. The fraction of sp³-hybridized carbons (Fsp3) is 0.556. The molecule has 0 aromatic rings. The minimum Gasteiger partial charge on any atom is -0.480 e. The summed E-state index contributed by atoms with van der Waals surface area (Å²) in [5, 5.41) is 11.4. The molecule has 5 nitrogen and oxygen atoms in total. The Morgan fingerprint density at radius 3 is 2.81 bits per heavy atom. The fourth-order valence-corrected chi connectivity index (χ4v) is 2.71. The number of halogens is 1. The van der Waals surface area contributed by atoms with E-state index in [4.69, 9.17) is 5.11 Å². The Kier molecular flexibility index (Phi) is 4.67. The van der Waals surface area contributed by atoms with Gasteiger partial charge in [0, 0.05) is 10.2 Å². The van der Waals surface area contributed by atoms with E-state index in [0.717, 1.165) is 0 Å². The molecule has 2 atom stereocenters. The molecule has 1 fully saturated rings. The van der Waals surface area contributed by atoms with Crippen LogP contribution in [0.2, 0.25) is 0 Å². The molecule has 0 aromatic heterocycles. The molecule has 1 heterocycles. The number of rotatable bonds is 3. The minimum atomic E-state index is -0.968. The minimum absolute atomic E-state index is 0.121. The van der Waals surface area contributed by atoms with Crippen molar-refractivity contribution in [3.8, 4) is 0 Å². The second kappa shape index (κ2) is 5.58. The van der Waals surface area contributed by atoms with Gasteiger partial charge >= 0.3 is 12.0 Å². The summed E-state index contributed by atoms with van der Waals surface area (Å²) in [5.74, 6) is -0.538. The third-order valence-electron chi connectivity index (χ3n) is 2.17. The van der Waals surface area contributed by atoms with Gasteiger partial charge in [0.2, 0.25) is 0 Å². The van der Waals surface area contributed by atoms with Gasteiger partial charge in [-0.25, -0.2) is 9.59 Å². The lowest BCUT2D eigenvalue weighted by molar-refractivity contribution is -0.141. The molecule has 7 heteroatoms. The maximum atomic E-state index is 11.8. The summed E-state index contributed by atoms with van der Waals surface area (Å²) >= 11 is 4.58. The van der Waals surface area contributed by atoms with Crippen molar-refractivity contribution in [2.24, 2.45) is 0 Å². The van der Waals surface area contributed by atoms with E-state index < -0.39 is 12.0 Å². The summed E-state index contributed by atoms with van der Waals surface area (Å²) < 4.78 is 0.646. The number of nitrogens with one attached hydrogen (secondary N) is 1. The van der Waals surface area contributed by atoms with E-state index in [0.29, 0.717) is 16.8 Å². The van der Waals surface area contributed by atoms with Crippen LogP contribution in [0.4, 0.5) is 4.79 Å². The molecule has 1 aliphatic rings. The SMILES string of the molecule is C=C(Br)CNC(=O)N1C(C)SCC1C(=O)O. The zero-order chi connectivity index (χ0) is 12.3. The first-order chi connectivity index (χ1) is 7.43. The number of nitrogens with zero attached hydrogens (tertiary/aromatic N) is 1. The van der Waals surface area contributed by atoms with Crippen LogP contribution in [0.1, 0.15) is 6.92 Å². The predicted molar refractivity (Wildman–Crippen MR) is 66.6 cm³/mol. The van der Waals surface area contributed by atoms with Gasteiger partial charge in [0.05, 0.1) is 11.9 Å². The Hall–Kier alpha value is -0.690. The van der Waals surface area contributed by atoms with Gasteiger partial charge in [-0.2, -0.15) is 0 Å². The standard InChI is InChI=1S/C9H13BrN2O3S/c1-5(10)3-11-9(15)12-6(2)16-4-7(12)8(13)14/h6-7H,1,3-4H2,2H3,(H,11,15)(H,13,14). The number of aliphatic carboxylic acids is 1. The molecule has 0 saturated carbocycles. The Labute approximate surface area is 106 Å². The number of amides is 2. The van der Waals surface area contributed by atoms with E-state index >= 15 is 0 Å². The van der Waals surface area contributed by atoms with E-state index in [-0.39, 0.29) is 11.4 Å². The maximum Gasteiger partial charge on any atom is 0.327 e. The molecular weight excluding hydrogens is 296 g/mol. The third-order valence-corrected chi connectivity index (χ3v) is 3.67. The summed E-state index contributed by atoms with van der Waals surface area (Å²) in [6, 6.07) is -1.12. The topological polar surface area (TPSA) is 69.6 Å². The van der Waals surface area contributed by atoms with Gasteiger partial charge in [-0.1, -0.05) is 22.5 Å². The normalized spacial score (nSPS) is 24.2. The molecule has 2 N–H and O–H groups in total. The molecule has 2 unspecified atom stereocenters. The molecule has 0 aromatic carbocycles. The highest BCUT2D eigenvalue weighted by Gasteiger charge is 2.39. The monoisotopic (exact) mass is 308 g/mol. The van der Waals surface area contributed by atoms with E-state index in [1.54, 1.807) is 0 Å². The smallest absolute Gasteiger partial charge is 0.327 e. The van der Waals surface area contributed by atoms with Crippen LogP contribution in [0, 0.1) is 0 Å². The number of carbonyl (C=O) groups excluding carboxylic acids is 1. The average molecular weight is 309 g/mol. The Morgan fingerprint density at radius 1 is 1.69 bits per heavy atom. The van der Waals surface area contributed by atoms with Crippen LogP contribution in [-0.2, 0) is 4.79 Å². The highest BCUT2D eigenvalue weighted by Crippen LogP contribution is 2.28. The molecule has 90 valence electrons.